The molecule has 1 unspecified atom stereocenters. The summed E-state index contributed by atoms with van der Waals surface area (Å²) < 4.78 is 0. The summed E-state index contributed by atoms with van der Waals surface area (Å²) >= 11 is 12.3. The second kappa shape index (κ2) is 7.75. The Morgan fingerprint density at radius 2 is 1.78 bits per heavy atom. The van der Waals surface area contributed by atoms with Gasteiger partial charge >= 0.3 is 0 Å². The minimum absolute atomic E-state index is 0.362. The van der Waals surface area contributed by atoms with E-state index in [-0.39, 0.29) is 0 Å². The predicted molar refractivity (Wildman–Crippen MR) is 82.7 cm³/mol. The highest BCUT2D eigenvalue weighted by Gasteiger charge is 2.10. The Hall–Kier alpha value is -0.600. The van der Waals surface area contributed by atoms with Crippen LogP contribution >= 0.6 is 23.2 Å². The largest absolute Gasteiger partial charge is 0.399 e. The standard InChI is InChI=1S/C14H22Cl2N2/c1-3-4-5-6-7-10(2)18-14-12(15)8-11(17)9-13(14)16/h8-10,18H,3-7,17H2,1-2H3. The van der Waals surface area contributed by atoms with Gasteiger partial charge in [-0.25, -0.2) is 0 Å². The monoisotopic (exact) mass is 288 g/mol. The number of anilines is 2. The van der Waals surface area contributed by atoms with Gasteiger partial charge in [0, 0.05) is 11.7 Å². The summed E-state index contributed by atoms with van der Waals surface area (Å²) in [5.41, 5.74) is 7.05. The lowest BCUT2D eigenvalue weighted by atomic mass is 10.1. The van der Waals surface area contributed by atoms with E-state index in [0.717, 1.165) is 12.1 Å². The fourth-order valence-electron chi connectivity index (χ4n) is 1.93. The molecule has 3 N–H and O–H groups in total. The number of rotatable bonds is 7. The van der Waals surface area contributed by atoms with E-state index in [1.54, 1.807) is 12.1 Å². The van der Waals surface area contributed by atoms with Crippen LogP contribution in [0.4, 0.5) is 11.4 Å². The van der Waals surface area contributed by atoms with Crippen molar-refractivity contribution in [2.24, 2.45) is 0 Å². The molecule has 0 saturated heterocycles. The highest BCUT2D eigenvalue weighted by Crippen LogP contribution is 2.33. The molecule has 0 heterocycles. The van der Waals surface area contributed by atoms with Crippen molar-refractivity contribution in [3.8, 4) is 0 Å². The second-order valence-corrected chi connectivity index (χ2v) is 5.57. The summed E-state index contributed by atoms with van der Waals surface area (Å²) in [5.74, 6) is 0. The van der Waals surface area contributed by atoms with Gasteiger partial charge in [0.25, 0.3) is 0 Å². The van der Waals surface area contributed by atoms with Gasteiger partial charge in [-0.1, -0.05) is 55.8 Å². The van der Waals surface area contributed by atoms with Crippen LogP contribution in [0.5, 0.6) is 0 Å². The predicted octanol–water partition coefficient (Wildman–Crippen LogP) is 5.35. The zero-order valence-electron chi connectivity index (χ0n) is 11.1. The molecule has 2 nitrogen and oxygen atoms in total. The topological polar surface area (TPSA) is 38.0 Å². The summed E-state index contributed by atoms with van der Waals surface area (Å²) in [5, 5.41) is 4.53. The molecule has 1 aromatic carbocycles. The van der Waals surface area contributed by atoms with Gasteiger partial charge in [0.15, 0.2) is 0 Å². The number of hydrogen-bond donors (Lipinski definition) is 2. The Labute approximate surface area is 120 Å². The van der Waals surface area contributed by atoms with Gasteiger partial charge in [-0.05, 0) is 25.5 Å². The molecule has 0 fully saturated rings. The maximum Gasteiger partial charge on any atom is 0.0722 e. The smallest absolute Gasteiger partial charge is 0.0722 e. The Bertz CT molecular complexity index is 357. The summed E-state index contributed by atoms with van der Waals surface area (Å²) in [7, 11) is 0. The Morgan fingerprint density at radius 3 is 2.33 bits per heavy atom. The average molecular weight is 289 g/mol. The zero-order valence-corrected chi connectivity index (χ0v) is 12.6. The molecule has 0 bridgehead atoms. The third-order valence-corrected chi connectivity index (χ3v) is 3.54. The Kier molecular flexibility index (Phi) is 6.66. The van der Waals surface area contributed by atoms with Crippen molar-refractivity contribution in [2.75, 3.05) is 11.1 Å². The van der Waals surface area contributed by atoms with Crippen LogP contribution < -0.4 is 11.1 Å². The number of unbranched alkanes of at least 4 members (excludes halogenated alkanes) is 3. The summed E-state index contributed by atoms with van der Waals surface area (Å²) in [4.78, 5) is 0. The van der Waals surface area contributed by atoms with E-state index >= 15 is 0 Å². The maximum atomic E-state index is 6.14. The van der Waals surface area contributed by atoms with Gasteiger partial charge in [0.1, 0.15) is 0 Å². The number of benzene rings is 1. The second-order valence-electron chi connectivity index (χ2n) is 4.75. The highest BCUT2D eigenvalue weighted by atomic mass is 35.5. The lowest BCUT2D eigenvalue weighted by molar-refractivity contribution is 0.594. The first kappa shape index (κ1) is 15.5. The molecular weight excluding hydrogens is 267 g/mol. The Balaban J connectivity index is 2.51. The highest BCUT2D eigenvalue weighted by molar-refractivity contribution is 6.39. The minimum Gasteiger partial charge on any atom is -0.399 e. The van der Waals surface area contributed by atoms with Gasteiger partial charge in [-0.3, -0.25) is 0 Å². The van der Waals surface area contributed by atoms with E-state index in [4.69, 9.17) is 28.9 Å². The van der Waals surface area contributed by atoms with E-state index in [1.165, 1.54) is 25.7 Å². The molecule has 0 aliphatic rings. The molecule has 0 radical (unpaired) electrons. The minimum atomic E-state index is 0.362. The van der Waals surface area contributed by atoms with Crippen molar-refractivity contribution >= 4 is 34.6 Å². The first-order chi connectivity index (χ1) is 8.54. The molecule has 0 amide bonds. The molecule has 0 saturated carbocycles. The van der Waals surface area contributed by atoms with Crippen molar-refractivity contribution in [1.82, 2.24) is 0 Å². The van der Waals surface area contributed by atoms with Crippen LogP contribution in [0, 0.1) is 0 Å². The van der Waals surface area contributed by atoms with Crippen LogP contribution in [-0.2, 0) is 0 Å². The van der Waals surface area contributed by atoms with Gasteiger partial charge in [-0.2, -0.15) is 0 Å². The molecule has 0 aliphatic heterocycles. The van der Waals surface area contributed by atoms with Gasteiger partial charge in [0.2, 0.25) is 0 Å². The van der Waals surface area contributed by atoms with Crippen LogP contribution in [0.2, 0.25) is 10.0 Å². The molecule has 1 atom stereocenters. The maximum absolute atomic E-state index is 6.14. The van der Waals surface area contributed by atoms with Crippen molar-refractivity contribution in [2.45, 2.75) is 52.0 Å². The summed E-state index contributed by atoms with van der Waals surface area (Å²) in [6, 6.07) is 3.81. The van der Waals surface area contributed by atoms with Crippen molar-refractivity contribution < 1.29 is 0 Å². The van der Waals surface area contributed by atoms with Crippen LogP contribution in [0.3, 0.4) is 0 Å². The van der Waals surface area contributed by atoms with Crippen molar-refractivity contribution in [1.29, 1.82) is 0 Å². The molecular formula is C14H22Cl2N2. The van der Waals surface area contributed by atoms with Gasteiger partial charge in [0.05, 0.1) is 15.7 Å². The SMILES string of the molecule is CCCCCCC(C)Nc1c(Cl)cc(N)cc1Cl. The van der Waals surface area contributed by atoms with E-state index < -0.39 is 0 Å². The Morgan fingerprint density at radius 1 is 1.17 bits per heavy atom. The molecule has 4 heteroatoms. The fraction of sp³-hybridized carbons (Fsp3) is 0.571. The molecule has 1 aromatic rings. The van der Waals surface area contributed by atoms with E-state index in [0.29, 0.717) is 21.8 Å². The lowest BCUT2D eigenvalue weighted by Crippen LogP contribution is -2.15. The summed E-state index contributed by atoms with van der Waals surface area (Å²) in [6.07, 6.45) is 6.20. The third kappa shape index (κ3) is 4.95. The average Bonchev–Trinajstić information content (AvgIpc) is 2.29. The van der Waals surface area contributed by atoms with E-state index in [2.05, 4.69) is 19.2 Å². The van der Waals surface area contributed by atoms with Crippen molar-refractivity contribution in [3.63, 3.8) is 0 Å². The molecule has 0 aliphatic carbocycles. The van der Waals surface area contributed by atoms with Crippen LogP contribution in [-0.4, -0.2) is 6.04 Å². The molecule has 0 spiro atoms. The van der Waals surface area contributed by atoms with Gasteiger partial charge in [-0.15, -0.1) is 0 Å². The molecule has 18 heavy (non-hydrogen) atoms. The van der Waals surface area contributed by atoms with E-state index in [9.17, 15) is 0 Å². The fourth-order valence-corrected chi connectivity index (χ4v) is 2.54. The van der Waals surface area contributed by atoms with Crippen LogP contribution in [0.1, 0.15) is 46.0 Å². The first-order valence-electron chi connectivity index (χ1n) is 6.55. The van der Waals surface area contributed by atoms with E-state index in [1.807, 2.05) is 0 Å². The number of nitrogen functional groups attached to an aromatic ring is 1. The quantitative estimate of drug-likeness (QED) is 0.524. The molecule has 1 rings (SSSR count). The molecule has 102 valence electrons. The number of halogens is 2. The van der Waals surface area contributed by atoms with Crippen molar-refractivity contribution in [3.05, 3.63) is 22.2 Å². The normalized spacial score (nSPS) is 12.4. The number of nitrogens with two attached hydrogens (primary N) is 1. The number of nitrogens with one attached hydrogen (secondary N) is 1. The third-order valence-electron chi connectivity index (χ3n) is 2.95. The first-order valence-corrected chi connectivity index (χ1v) is 7.31. The number of hydrogen-bond acceptors (Lipinski definition) is 2. The zero-order chi connectivity index (χ0) is 13.5. The lowest BCUT2D eigenvalue weighted by Gasteiger charge is -2.17. The van der Waals surface area contributed by atoms with Crippen LogP contribution in [0.25, 0.3) is 0 Å². The molecule has 0 aromatic heterocycles. The van der Waals surface area contributed by atoms with Crippen LogP contribution in [0.15, 0.2) is 12.1 Å². The summed E-state index contributed by atoms with van der Waals surface area (Å²) in [6.45, 7) is 4.37. The van der Waals surface area contributed by atoms with Gasteiger partial charge < -0.3 is 11.1 Å².